The highest BCUT2D eigenvalue weighted by atomic mass is 16.6. The molecule has 0 aliphatic rings. The van der Waals surface area contributed by atoms with Crippen molar-refractivity contribution in [1.29, 1.82) is 0 Å². The number of aliphatic carboxylic acids is 3. The third kappa shape index (κ3) is 34.1. The van der Waals surface area contributed by atoms with Gasteiger partial charge < -0.3 is 39.0 Å². The summed E-state index contributed by atoms with van der Waals surface area (Å²) >= 11 is 0. The standard InChI is InChI=1S/C65H78O7.C44H60O7/c66-61(69-52-55-36-20-14-21-37-55)48-32-10-6-2-4-8-12-34-50-64(62(67)70-53-56-38-22-15-23-39-56,63(68)71-54-57-40-24-16-25-41-57)49-33-11-7-3-1-5-9-13-35-51-72-65(58-42-26-17-27-43-58,59-44-28-18-29-45-59)60-46-30-19-31-47-60;45-40(46)33-23-10-6-2-4-8-12-25-35-43(41(47)48,42(49)50)34-24-11-7-3-1-5-9-13-26-36-51-44(37-27-17-14-18-28-37,38-29-19-15-20-30-38)39-31-21-16-22-32-39/h14-31,36-47H,1-13,32-35,48-54H2;14-22,27-32H,1-13,23-26,33-36H2,(H,45,46)(H,47,48)(H,49,50). The van der Waals surface area contributed by atoms with Crippen LogP contribution in [0.3, 0.4) is 0 Å². The van der Waals surface area contributed by atoms with Gasteiger partial charge in [0.15, 0.2) is 10.8 Å². The van der Waals surface area contributed by atoms with Gasteiger partial charge in [-0.05, 0) is 101 Å². The van der Waals surface area contributed by atoms with Gasteiger partial charge in [-0.15, -0.1) is 0 Å². The molecular formula is C109H138O14. The molecule has 0 amide bonds. The van der Waals surface area contributed by atoms with Gasteiger partial charge in [-0.1, -0.05) is 466 Å². The van der Waals surface area contributed by atoms with Gasteiger partial charge in [-0.25, -0.2) is 0 Å². The maximum atomic E-state index is 14.3. The van der Waals surface area contributed by atoms with Gasteiger partial charge in [0.2, 0.25) is 0 Å². The van der Waals surface area contributed by atoms with Gasteiger partial charge in [0.25, 0.3) is 0 Å². The third-order valence-corrected chi connectivity index (χ3v) is 24.0. The zero-order valence-corrected chi connectivity index (χ0v) is 73.1. The first-order valence-electron chi connectivity index (χ1n) is 46.2. The molecule has 9 rings (SSSR count). The number of rotatable bonds is 64. The van der Waals surface area contributed by atoms with E-state index in [2.05, 4.69) is 164 Å². The Balaban J connectivity index is 0.000000324. The molecular weight excluding hydrogens is 1530 g/mol. The minimum Gasteiger partial charge on any atom is -0.481 e. The molecule has 0 fully saturated rings. The van der Waals surface area contributed by atoms with E-state index in [0.29, 0.717) is 58.3 Å². The number of carbonyl (C=O) groups excluding carboxylic acids is 3. The molecule has 0 aliphatic heterocycles. The fraction of sp³-hybridized carbons (Fsp3) is 0.450. The summed E-state index contributed by atoms with van der Waals surface area (Å²) in [5.41, 5.74) is 5.03. The van der Waals surface area contributed by atoms with E-state index in [-0.39, 0.29) is 38.4 Å². The summed E-state index contributed by atoms with van der Waals surface area (Å²) in [6, 6.07) is 92.1. The summed E-state index contributed by atoms with van der Waals surface area (Å²) in [6.07, 6.45) is 34.7. The minimum absolute atomic E-state index is 0.109. The highest BCUT2D eigenvalue weighted by molar-refractivity contribution is 6.00. The number of esters is 3. The zero-order valence-electron chi connectivity index (χ0n) is 73.1. The first kappa shape index (κ1) is 98.2. The van der Waals surface area contributed by atoms with Gasteiger partial charge in [0.05, 0.1) is 0 Å². The number of benzene rings is 9. The van der Waals surface area contributed by atoms with Crippen LogP contribution in [-0.2, 0) is 83.5 Å². The van der Waals surface area contributed by atoms with Crippen LogP contribution in [0.15, 0.2) is 273 Å². The first-order valence-corrected chi connectivity index (χ1v) is 46.2. The number of carboxylic acids is 3. The Labute approximate surface area is 734 Å². The Hall–Kier alpha value is -10.3. The Bertz CT molecular complexity index is 4040. The van der Waals surface area contributed by atoms with Gasteiger partial charge >= 0.3 is 35.8 Å². The van der Waals surface area contributed by atoms with E-state index in [0.717, 1.165) is 249 Å². The molecule has 0 saturated carbocycles. The van der Waals surface area contributed by atoms with Crippen LogP contribution in [0.2, 0.25) is 0 Å². The second-order valence-electron chi connectivity index (χ2n) is 33.2. The molecule has 123 heavy (non-hydrogen) atoms. The van der Waals surface area contributed by atoms with E-state index in [1.807, 2.05) is 109 Å². The number of carbonyl (C=O) groups is 6. The largest absolute Gasteiger partial charge is 0.481 e. The van der Waals surface area contributed by atoms with E-state index in [1.54, 1.807) is 0 Å². The summed E-state index contributed by atoms with van der Waals surface area (Å²) < 4.78 is 31.3. The van der Waals surface area contributed by atoms with Crippen LogP contribution >= 0.6 is 0 Å². The fourth-order valence-corrected chi connectivity index (χ4v) is 16.8. The van der Waals surface area contributed by atoms with Crippen LogP contribution in [0.4, 0.5) is 0 Å². The van der Waals surface area contributed by atoms with Crippen molar-refractivity contribution >= 4 is 35.8 Å². The van der Waals surface area contributed by atoms with Gasteiger partial charge in [-0.3, -0.25) is 28.8 Å². The zero-order chi connectivity index (χ0) is 86.8. The van der Waals surface area contributed by atoms with Crippen LogP contribution in [-0.4, -0.2) is 64.3 Å². The molecule has 0 aromatic heterocycles. The Kier molecular flexibility index (Phi) is 46.3. The highest BCUT2D eigenvalue weighted by Crippen LogP contribution is 2.44. The monoisotopic (exact) mass is 1670 g/mol. The molecule has 658 valence electrons. The number of hydrogen-bond donors (Lipinski definition) is 3. The molecule has 0 heterocycles. The number of ether oxygens (including phenoxy) is 5. The number of carboxylic acid groups (broad SMARTS) is 3. The van der Waals surface area contributed by atoms with E-state index in [4.69, 9.17) is 28.8 Å². The van der Waals surface area contributed by atoms with Crippen molar-refractivity contribution in [2.75, 3.05) is 13.2 Å². The molecule has 0 saturated heterocycles. The first-order chi connectivity index (χ1) is 60.3. The van der Waals surface area contributed by atoms with E-state index < -0.39 is 51.9 Å². The van der Waals surface area contributed by atoms with Crippen LogP contribution in [0.5, 0.6) is 0 Å². The van der Waals surface area contributed by atoms with Crippen molar-refractivity contribution < 1.29 is 67.8 Å². The molecule has 14 heteroatoms. The summed E-state index contributed by atoms with van der Waals surface area (Å²) in [6.45, 7) is 1.83. The third-order valence-electron chi connectivity index (χ3n) is 24.0. The van der Waals surface area contributed by atoms with Crippen molar-refractivity contribution in [1.82, 2.24) is 0 Å². The maximum absolute atomic E-state index is 14.3. The van der Waals surface area contributed by atoms with Crippen molar-refractivity contribution in [2.45, 2.75) is 288 Å². The predicted octanol–water partition coefficient (Wildman–Crippen LogP) is 27.1. The molecule has 9 aromatic carbocycles. The topological polar surface area (TPSA) is 209 Å². The summed E-state index contributed by atoms with van der Waals surface area (Å²) in [7, 11) is 0. The molecule has 0 spiro atoms. The Morgan fingerprint density at radius 1 is 0.220 bits per heavy atom. The van der Waals surface area contributed by atoms with E-state index in [9.17, 15) is 39.0 Å². The van der Waals surface area contributed by atoms with Crippen LogP contribution < -0.4 is 0 Å². The molecule has 14 nitrogen and oxygen atoms in total. The lowest BCUT2D eigenvalue weighted by Gasteiger charge is -2.36. The van der Waals surface area contributed by atoms with Crippen molar-refractivity contribution in [2.24, 2.45) is 10.8 Å². The average molecular weight is 1670 g/mol. The number of hydrogen-bond acceptors (Lipinski definition) is 11. The van der Waals surface area contributed by atoms with Gasteiger partial charge in [0.1, 0.15) is 31.0 Å². The highest BCUT2D eigenvalue weighted by Gasteiger charge is 2.49. The average Bonchev–Trinajstić information content (AvgIpc) is 0.764. The quantitative estimate of drug-likeness (QED) is 0.0107. The molecule has 0 bridgehead atoms. The van der Waals surface area contributed by atoms with Crippen LogP contribution in [0, 0.1) is 10.8 Å². The Morgan fingerprint density at radius 2 is 0.423 bits per heavy atom. The smallest absolute Gasteiger partial charge is 0.323 e. The summed E-state index contributed by atoms with van der Waals surface area (Å²) in [5, 5.41) is 28.5. The van der Waals surface area contributed by atoms with Crippen molar-refractivity contribution in [3.8, 4) is 0 Å². The van der Waals surface area contributed by atoms with Crippen molar-refractivity contribution in [3.05, 3.63) is 323 Å². The fourth-order valence-electron chi connectivity index (χ4n) is 16.8. The van der Waals surface area contributed by atoms with E-state index >= 15 is 0 Å². The summed E-state index contributed by atoms with van der Waals surface area (Å²) in [5.74, 6) is -4.30. The molecule has 0 radical (unpaired) electrons. The van der Waals surface area contributed by atoms with E-state index in [1.165, 1.54) is 0 Å². The van der Waals surface area contributed by atoms with Gasteiger partial charge in [0, 0.05) is 26.1 Å². The van der Waals surface area contributed by atoms with Crippen molar-refractivity contribution in [3.63, 3.8) is 0 Å². The number of unbranched alkanes of at least 4 members (excludes halogenated alkanes) is 30. The normalized spacial score (nSPS) is 11.6. The van der Waals surface area contributed by atoms with Crippen LogP contribution in [0.1, 0.15) is 307 Å². The molecule has 0 aliphatic carbocycles. The lowest BCUT2D eigenvalue weighted by Crippen LogP contribution is -2.42. The minimum atomic E-state index is -1.70. The lowest BCUT2D eigenvalue weighted by molar-refractivity contribution is -0.176. The SMILES string of the molecule is O=C(CCCCCCCCCCC(CCCCCCCCCCCOC(c1ccccc1)(c1ccccc1)c1ccccc1)(C(=O)OCc1ccccc1)C(=O)OCc1ccccc1)OCc1ccccc1.O=C(O)CCCCCCCCCCC(CCCCCCCCCCCOC(c1ccccc1)(c1ccccc1)c1ccccc1)(C(=O)O)C(=O)O. The second kappa shape index (κ2) is 58.0. The summed E-state index contributed by atoms with van der Waals surface area (Å²) in [4.78, 5) is 75.7. The molecule has 3 N–H and O–H groups in total. The molecule has 0 atom stereocenters. The molecule has 0 unspecified atom stereocenters. The second-order valence-corrected chi connectivity index (χ2v) is 33.2. The predicted molar refractivity (Wildman–Crippen MR) is 491 cm³/mol. The van der Waals surface area contributed by atoms with Crippen LogP contribution in [0.25, 0.3) is 0 Å². The van der Waals surface area contributed by atoms with Gasteiger partial charge in [-0.2, -0.15) is 0 Å². The Morgan fingerprint density at radius 3 is 0.667 bits per heavy atom. The lowest BCUT2D eigenvalue weighted by atomic mass is 9.77. The maximum Gasteiger partial charge on any atom is 0.323 e. The molecule has 9 aromatic rings.